The van der Waals surface area contributed by atoms with E-state index in [2.05, 4.69) is 46.3 Å². The van der Waals surface area contributed by atoms with Gasteiger partial charge in [0.15, 0.2) is 0 Å². The van der Waals surface area contributed by atoms with Crippen LogP contribution in [0.15, 0.2) is 57.9 Å². The summed E-state index contributed by atoms with van der Waals surface area (Å²) in [6.45, 7) is 0. The molecule has 3 heteroatoms. The van der Waals surface area contributed by atoms with Gasteiger partial charge in [0, 0.05) is 20.1 Å². The maximum atomic E-state index is 5.84. The Bertz CT molecular complexity index is 468. The summed E-state index contributed by atoms with van der Waals surface area (Å²) < 4.78 is 1.15. The third-order valence-electron chi connectivity index (χ3n) is 2.14. The molecule has 0 aromatic heterocycles. The molecule has 0 aliphatic carbocycles. The molecule has 0 fully saturated rings. The van der Waals surface area contributed by atoms with E-state index in [1.165, 1.54) is 10.5 Å². The van der Waals surface area contributed by atoms with Gasteiger partial charge in [-0.05, 0) is 45.8 Å². The van der Waals surface area contributed by atoms with Gasteiger partial charge < -0.3 is 0 Å². The molecule has 0 saturated heterocycles. The van der Waals surface area contributed by atoms with Gasteiger partial charge in [-0.2, -0.15) is 0 Å². The van der Waals surface area contributed by atoms with Gasteiger partial charge in [-0.1, -0.05) is 35.9 Å². The average Bonchev–Trinajstić information content (AvgIpc) is 2.30. The minimum atomic E-state index is 0.787. The van der Waals surface area contributed by atoms with Gasteiger partial charge >= 0.3 is 0 Å². The highest BCUT2D eigenvalue weighted by molar-refractivity contribution is 9.10. The molecular weight excluding hydrogens is 304 g/mol. The van der Waals surface area contributed by atoms with E-state index >= 15 is 0 Å². The van der Waals surface area contributed by atoms with E-state index in [0.717, 1.165) is 15.2 Å². The van der Waals surface area contributed by atoms with Gasteiger partial charge in [-0.25, -0.2) is 0 Å². The SMILES string of the molecule is Clc1ccc(CSc2ccccc2Br)cc1. The van der Waals surface area contributed by atoms with Gasteiger partial charge in [0.1, 0.15) is 0 Å². The van der Waals surface area contributed by atoms with Crippen LogP contribution in [0, 0.1) is 0 Å². The van der Waals surface area contributed by atoms with Crippen molar-refractivity contribution in [3.05, 3.63) is 63.6 Å². The summed E-state index contributed by atoms with van der Waals surface area (Å²) in [5.74, 6) is 0.958. The summed E-state index contributed by atoms with van der Waals surface area (Å²) in [6, 6.07) is 16.2. The van der Waals surface area contributed by atoms with E-state index in [0.29, 0.717) is 0 Å². The molecule has 0 amide bonds. The molecule has 0 radical (unpaired) electrons. The van der Waals surface area contributed by atoms with Crippen molar-refractivity contribution in [3.63, 3.8) is 0 Å². The topological polar surface area (TPSA) is 0 Å². The number of halogens is 2. The molecule has 0 aliphatic rings. The standard InChI is InChI=1S/C13H10BrClS/c14-12-3-1-2-4-13(12)16-9-10-5-7-11(15)8-6-10/h1-8H,9H2. The minimum Gasteiger partial charge on any atom is -0.120 e. The molecule has 0 spiro atoms. The van der Waals surface area contributed by atoms with Crippen molar-refractivity contribution in [2.24, 2.45) is 0 Å². The third kappa shape index (κ3) is 3.27. The lowest BCUT2D eigenvalue weighted by Gasteiger charge is -2.04. The van der Waals surface area contributed by atoms with Crippen LogP contribution < -0.4 is 0 Å². The van der Waals surface area contributed by atoms with Crippen molar-refractivity contribution in [3.8, 4) is 0 Å². The second-order valence-electron chi connectivity index (χ2n) is 3.35. The van der Waals surface area contributed by atoms with E-state index in [1.54, 1.807) is 0 Å². The summed E-state index contributed by atoms with van der Waals surface area (Å²) in [7, 11) is 0. The molecule has 82 valence electrons. The fourth-order valence-electron chi connectivity index (χ4n) is 1.30. The Morgan fingerprint density at radius 1 is 1.00 bits per heavy atom. The molecule has 0 aliphatic heterocycles. The molecule has 0 atom stereocenters. The zero-order valence-electron chi connectivity index (χ0n) is 8.49. The second-order valence-corrected chi connectivity index (χ2v) is 5.65. The first-order chi connectivity index (χ1) is 7.75. The molecule has 16 heavy (non-hydrogen) atoms. The first-order valence-corrected chi connectivity index (χ1v) is 7.03. The van der Waals surface area contributed by atoms with Crippen molar-refractivity contribution in [2.75, 3.05) is 0 Å². The highest BCUT2D eigenvalue weighted by atomic mass is 79.9. The lowest BCUT2D eigenvalue weighted by Crippen LogP contribution is -1.80. The largest absolute Gasteiger partial charge is 0.120 e. The van der Waals surface area contributed by atoms with Crippen LogP contribution in [-0.2, 0) is 5.75 Å². The van der Waals surface area contributed by atoms with Crippen molar-refractivity contribution < 1.29 is 0 Å². The number of rotatable bonds is 3. The van der Waals surface area contributed by atoms with Crippen LogP contribution in [0.3, 0.4) is 0 Å². The number of hydrogen-bond donors (Lipinski definition) is 0. The summed E-state index contributed by atoms with van der Waals surface area (Å²) >= 11 is 11.2. The lowest BCUT2D eigenvalue weighted by atomic mass is 10.2. The fraction of sp³-hybridized carbons (Fsp3) is 0.0769. The average molecular weight is 314 g/mol. The quantitative estimate of drug-likeness (QED) is 0.684. The predicted octanol–water partition coefficient (Wildman–Crippen LogP) is 5.39. The maximum absolute atomic E-state index is 5.84. The van der Waals surface area contributed by atoms with E-state index < -0.39 is 0 Å². The Hall–Kier alpha value is -0.440. The Labute approximate surface area is 113 Å². The molecule has 0 nitrogen and oxygen atoms in total. The zero-order valence-corrected chi connectivity index (χ0v) is 11.6. The number of thioether (sulfide) groups is 1. The first-order valence-electron chi connectivity index (χ1n) is 4.87. The second kappa shape index (κ2) is 5.76. The highest BCUT2D eigenvalue weighted by Gasteiger charge is 2.00. The van der Waals surface area contributed by atoms with Crippen molar-refractivity contribution in [2.45, 2.75) is 10.6 Å². The van der Waals surface area contributed by atoms with Gasteiger partial charge in [-0.15, -0.1) is 11.8 Å². The molecule has 2 aromatic carbocycles. The first kappa shape index (κ1) is 12.0. The number of hydrogen-bond acceptors (Lipinski definition) is 1. The fourth-order valence-corrected chi connectivity index (χ4v) is 2.95. The highest BCUT2D eigenvalue weighted by Crippen LogP contribution is 2.29. The van der Waals surface area contributed by atoms with Crippen LogP contribution in [-0.4, -0.2) is 0 Å². The van der Waals surface area contributed by atoms with E-state index in [4.69, 9.17) is 11.6 Å². The van der Waals surface area contributed by atoms with Gasteiger partial charge in [-0.3, -0.25) is 0 Å². The maximum Gasteiger partial charge on any atom is 0.0406 e. The van der Waals surface area contributed by atoms with Crippen LogP contribution in [0.2, 0.25) is 5.02 Å². The Kier molecular flexibility index (Phi) is 4.33. The lowest BCUT2D eigenvalue weighted by molar-refractivity contribution is 1.36. The normalized spacial score (nSPS) is 10.4. The zero-order chi connectivity index (χ0) is 11.4. The Morgan fingerprint density at radius 2 is 1.69 bits per heavy atom. The Balaban J connectivity index is 2.02. The summed E-state index contributed by atoms with van der Waals surface area (Å²) in [5.41, 5.74) is 1.28. The van der Waals surface area contributed by atoms with Gasteiger partial charge in [0.25, 0.3) is 0 Å². The van der Waals surface area contributed by atoms with Gasteiger partial charge in [0.05, 0.1) is 0 Å². The molecule has 0 heterocycles. The third-order valence-corrected chi connectivity index (χ3v) is 4.49. The molecule has 0 saturated carbocycles. The monoisotopic (exact) mass is 312 g/mol. The van der Waals surface area contributed by atoms with Crippen molar-refractivity contribution in [1.29, 1.82) is 0 Å². The molecule has 0 unspecified atom stereocenters. The van der Waals surface area contributed by atoms with Crippen LogP contribution in [0.25, 0.3) is 0 Å². The van der Waals surface area contributed by atoms with E-state index in [-0.39, 0.29) is 0 Å². The van der Waals surface area contributed by atoms with Crippen LogP contribution in [0.4, 0.5) is 0 Å². The molecule has 2 rings (SSSR count). The Morgan fingerprint density at radius 3 is 2.38 bits per heavy atom. The molecule has 0 N–H and O–H groups in total. The summed E-state index contributed by atoms with van der Waals surface area (Å²) in [5, 5.41) is 0.787. The summed E-state index contributed by atoms with van der Waals surface area (Å²) in [6.07, 6.45) is 0. The van der Waals surface area contributed by atoms with E-state index in [9.17, 15) is 0 Å². The van der Waals surface area contributed by atoms with Crippen molar-refractivity contribution in [1.82, 2.24) is 0 Å². The minimum absolute atomic E-state index is 0.787. The molecular formula is C13H10BrClS. The van der Waals surface area contributed by atoms with Crippen LogP contribution in [0.1, 0.15) is 5.56 Å². The van der Waals surface area contributed by atoms with Crippen LogP contribution in [0.5, 0.6) is 0 Å². The smallest absolute Gasteiger partial charge is 0.0406 e. The summed E-state index contributed by atoms with van der Waals surface area (Å²) in [4.78, 5) is 1.26. The predicted molar refractivity (Wildman–Crippen MR) is 75.2 cm³/mol. The number of benzene rings is 2. The molecule has 2 aromatic rings. The van der Waals surface area contributed by atoms with E-state index in [1.807, 2.05) is 30.0 Å². The van der Waals surface area contributed by atoms with Crippen molar-refractivity contribution >= 4 is 39.3 Å². The van der Waals surface area contributed by atoms with Gasteiger partial charge in [0.2, 0.25) is 0 Å². The van der Waals surface area contributed by atoms with Crippen LogP contribution >= 0.6 is 39.3 Å². The molecule has 0 bridgehead atoms.